The van der Waals surface area contributed by atoms with Crippen LogP contribution in [0.25, 0.3) is 0 Å². The van der Waals surface area contributed by atoms with Crippen molar-refractivity contribution in [3.05, 3.63) is 24.0 Å². The van der Waals surface area contributed by atoms with Crippen LogP contribution in [-0.2, 0) is 36.9 Å². The van der Waals surface area contributed by atoms with Gasteiger partial charge in [-0.15, -0.1) is 0 Å². The van der Waals surface area contributed by atoms with Gasteiger partial charge in [-0.2, -0.15) is 0 Å². The molecular weight excluding hydrogens is 354 g/mol. The van der Waals surface area contributed by atoms with Gasteiger partial charge >= 0.3 is 11.9 Å². The normalized spacial score (nSPS) is 11.5. The second-order valence-corrected chi connectivity index (χ2v) is 6.14. The zero-order chi connectivity index (χ0) is 20.2. The van der Waals surface area contributed by atoms with Crippen LogP contribution in [0.4, 0.5) is 0 Å². The number of esters is 1. The third-order valence-electron chi connectivity index (χ3n) is 3.98. The van der Waals surface area contributed by atoms with Crippen molar-refractivity contribution in [2.45, 2.75) is 51.6 Å². The number of aromatic nitrogens is 1. The smallest absolute Gasteiger partial charge is 0.328 e. The molecule has 1 atom stereocenters. The molecule has 0 aliphatic carbocycles. The van der Waals surface area contributed by atoms with Gasteiger partial charge in [0.05, 0.1) is 20.1 Å². The first-order valence-corrected chi connectivity index (χ1v) is 8.81. The van der Waals surface area contributed by atoms with E-state index in [2.05, 4.69) is 10.6 Å². The highest BCUT2D eigenvalue weighted by molar-refractivity contribution is 5.87. The van der Waals surface area contributed by atoms with E-state index in [4.69, 9.17) is 9.84 Å². The number of hydrogen-bond donors (Lipinski definition) is 3. The lowest BCUT2D eigenvalue weighted by atomic mass is 10.1. The summed E-state index contributed by atoms with van der Waals surface area (Å²) >= 11 is 0. The summed E-state index contributed by atoms with van der Waals surface area (Å²) in [7, 11) is 1.25. The van der Waals surface area contributed by atoms with Crippen molar-refractivity contribution in [1.82, 2.24) is 15.2 Å². The highest BCUT2D eigenvalue weighted by Gasteiger charge is 2.21. The zero-order valence-corrected chi connectivity index (χ0v) is 15.7. The van der Waals surface area contributed by atoms with E-state index < -0.39 is 23.9 Å². The molecule has 1 aromatic heterocycles. The number of carboxylic acids is 1. The molecular formula is C18H27N3O6. The van der Waals surface area contributed by atoms with E-state index in [1.54, 1.807) is 0 Å². The largest absolute Gasteiger partial charge is 0.481 e. The Morgan fingerprint density at radius 2 is 2.00 bits per heavy atom. The number of carbonyl (C=O) groups is 4. The molecule has 0 aromatic carbocycles. The van der Waals surface area contributed by atoms with Crippen molar-refractivity contribution >= 4 is 23.8 Å². The minimum Gasteiger partial charge on any atom is -0.481 e. The number of amides is 2. The maximum Gasteiger partial charge on any atom is 0.328 e. The maximum atomic E-state index is 11.8. The molecule has 3 N–H and O–H groups in total. The summed E-state index contributed by atoms with van der Waals surface area (Å²) in [6.07, 6.45) is 4.26. The molecule has 0 saturated heterocycles. The molecule has 0 radical (unpaired) electrons. The second kappa shape index (κ2) is 11.7. The van der Waals surface area contributed by atoms with E-state index >= 15 is 0 Å². The SMILES string of the molecule is COC(=O)[C@H](CCCCn1cccc1CCC(=O)O)NC(=O)CNC(C)=O. The van der Waals surface area contributed by atoms with Gasteiger partial charge in [-0.05, 0) is 37.8 Å². The molecule has 1 rings (SSSR count). The fourth-order valence-corrected chi connectivity index (χ4v) is 2.60. The third kappa shape index (κ3) is 8.89. The Morgan fingerprint density at radius 3 is 2.63 bits per heavy atom. The molecule has 0 aliphatic rings. The lowest BCUT2D eigenvalue weighted by Crippen LogP contribution is -2.45. The minimum atomic E-state index is -0.835. The van der Waals surface area contributed by atoms with Crippen molar-refractivity contribution in [2.24, 2.45) is 0 Å². The van der Waals surface area contributed by atoms with Gasteiger partial charge in [0.2, 0.25) is 11.8 Å². The maximum absolute atomic E-state index is 11.8. The van der Waals surface area contributed by atoms with E-state index in [1.807, 2.05) is 22.9 Å². The molecule has 0 bridgehead atoms. The minimum absolute atomic E-state index is 0.0781. The van der Waals surface area contributed by atoms with Crippen molar-refractivity contribution in [1.29, 1.82) is 0 Å². The van der Waals surface area contributed by atoms with Crippen LogP contribution in [0.15, 0.2) is 18.3 Å². The first kappa shape index (κ1) is 22.2. The van der Waals surface area contributed by atoms with E-state index in [0.29, 0.717) is 25.8 Å². The molecule has 0 aliphatic heterocycles. The van der Waals surface area contributed by atoms with E-state index in [-0.39, 0.29) is 18.9 Å². The van der Waals surface area contributed by atoms with Crippen LogP contribution < -0.4 is 10.6 Å². The molecule has 150 valence electrons. The Morgan fingerprint density at radius 1 is 1.26 bits per heavy atom. The molecule has 27 heavy (non-hydrogen) atoms. The Labute approximate surface area is 158 Å². The molecule has 2 amide bonds. The van der Waals surface area contributed by atoms with Gasteiger partial charge in [-0.25, -0.2) is 4.79 Å². The summed E-state index contributed by atoms with van der Waals surface area (Å²) in [4.78, 5) is 45.1. The number of carboxylic acid groups (broad SMARTS) is 1. The summed E-state index contributed by atoms with van der Waals surface area (Å²) in [6, 6.07) is 2.99. The number of aliphatic carboxylic acids is 1. The standard InChI is InChI=1S/C18H27N3O6/c1-13(22)19-12-16(23)20-15(18(26)27-2)7-3-4-10-21-11-5-6-14(21)8-9-17(24)25/h5-6,11,15H,3-4,7-10,12H2,1-2H3,(H,19,22)(H,20,23)(H,24,25)/t15-/m0/s1. The van der Waals surface area contributed by atoms with Crippen molar-refractivity contribution in [3.63, 3.8) is 0 Å². The zero-order valence-electron chi connectivity index (χ0n) is 15.7. The molecule has 9 nitrogen and oxygen atoms in total. The van der Waals surface area contributed by atoms with Gasteiger partial charge in [0.1, 0.15) is 6.04 Å². The number of nitrogens with zero attached hydrogens (tertiary/aromatic N) is 1. The summed E-state index contributed by atoms with van der Waals surface area (Å²) < 4.78 is 6.70. The topological polar surface area (TPSA) is 127 Å². The summed E-state index contributed by atoms with van der Waals surface area (Å²) in [5.74, 6) is -2.15. The molecule has 0 spiro atoms. The van der Waals surface area contributed by atoms with Crippen LogP contribution in [0.5, 0.6) is 0 Å². The number of ether oxygens (including phenoxy) is 1. The fourth-order valence-electron chi connectivity index (χ4n) is 2.60. The lowest BCUT2D eigenvalue weighted by molar-refractivity contribution is -0.145. The van der Waals surface area contributed by atoms with Crippen molar-refractivity contribution < 1.29 is 29.0 Å². The van der Waals surface area contributed by atoms with E-state index in [0.717, 1.165) is 12.1 Å². The monoisotopic (exact) mass is 381 g/mol. The number of unbranched alkanes of at least 4 members (excludes halogenated alkanes) is 1. The predicted octanol–water partition coefficient (Wildman–Crippen LogP) is 0.470. The van der Waals surface area contributed by atoms with Crippen LogP contribution in [0, 0.1) is 0 Å². The molecule has 0 unspecified atom stereocenters. The number of carbonyl (C=O) groups excluding carboxylic acids is 3. The number of methoxy groups -OCH3 is 1. The predicted molar refractivity (Wildman–Crippen MR) is 96.9 cm³/mol. The third-order valence-corrected chi connectivity index (χ3v) is 3.98. The number of hydrogen-bond acceptors (Lipinski definition) is 5. The van der Waals surface area contributed by atoms with Crippen molar-refractivity contribution in [2.75, 3.05) is 13.7 Å². The van der Waals surface area contributed by atoms with Gasteiger partial charge in [-0.3, -0.25) is 14.4 Å². The molecule has 9 heteroatoms. The quantitative estimate of drug-likeness (QED) is 0.357. The van der Waals surface area contributed by atoms with Gasteiger partial charge in [0.25, 0.3) is 0 Å². The van der Waals surface area contributed by atoms with Gasteiger partial charge in [0.15, 0.2) is 0 Å². The average molecular weight is 381 g/mol. The van der Waals surface area contributed by atoms with Crippen LogP contribution in [0.1, 0.15) is 38.3 Å². The number of rotatable bonds is 12. The summed E-state index contributed by atoms with van der Waals surface area (Å²) in [5.41, 5.74) is 0.950. The Balaban J connectivity index is 2.44. The van der Waals surface area contributed by atoms with Gasteiger partial charge < -0.3 is 25.0 Å². The summed E-state index contributed by atoms with van der Waals surface area (Å²) in [5, 5.41) is 13.7. The van der Waals surface area contributed by atoms with E-state index in [1.165, 1.54) is 14.0 Å². The van der Waals surface area contributed by atoms with E-state index in [9.17, 15) is 19.2 Å². The lowest BCUT2D eigenvalue weighted by Gasteiger charge is -2.17. The Bertz CT molecular complexity index is 655. The van der Waals surface area contributed by atoms with Crippen LogP contribution in [0.2, 0.25) is 0 Å². The Hall–Kier alpha value is -2.84. The molecule has 1 heterocycles. The first-order chi connectivity index (χ1) is 12.8. The van der Waals surface area contributed by atoms with Gasteiger partial charge in [0, 0.05) is 25.4 Å². The molecule has 0 fully saturated rings. The fraction of sp³-hybridized carbons (Fsp3) is 0.556. The Kier molecular flexibility index (Phi) is 9.63. The molecule has 1 aromatic rings. The highest BCUT2D eigenvalue weighted by atomic mass is 16.5. The summed E-state index contributed by atoms with van der Waals surface area (Å²) in [6.45, 7) is 1.80. The van der Waals surface area contributed by atoms with Gasteiger partial charge in [-0.1, -0.05) is 0 Å². The van der Waals surface area contributed by atoms with Crippen LogP contribution >= 0.6 is 0 Å². The molecule has 0 saturated carbocycles. The van der Waals surface area contributed by atoms with Crippen molar-refractivity contribution in [3.8, 4) is 0 Å². The number of aryl methyl sites for hydroxylation is 2. The second-order valence-electron chi connectivity index (χ2n) is 6.14. The average Bonchev–Trinajstić information content (AvgIpc) is 3.07. The highest BCUT2D eigenvalue weighted by Crippen LogP contribution is 2.10. The number of nitrogens with one attached hydrogen (secondary N) is 2. The van der Waals surface area contributed by atoms with Crippen LogP contribution in [0.3, 0.4) is 0 Å². The first-order valence-electron chi connectivity index (χ1n) is 8.81. The van der Waals surface area contributed by atoms with Crippen LogP contribution in [-0.4, -0.2) is 53.1 Å².